The van der Waals surface area contributed by atoms with Gasteiger partial charge in [0.25, 0.3) is 0 Å². The van der Waals surface area contributed by atoms with Gasteiger partial charge < -0.3 is 15.8 Å². The predicted octanol–water partition coefficient (Wildman–Crippen LogP) is 3.34. The first-order chi connectivity index (χ1) is 10.7. The van der Waals surface area contributed by atoms with Crippen molar-refractivity contribution in [2.24, 2.45) is 0 Å². The van der Waals surface area contributed by atoms with Gasteiger partial charge in [0.2, 0.25) is 5.91 Å². The van der Waals surface area contributed by atoms with Crippen LogP contribution in [0.5, 0.6) is 5.75 Å². The molecular formula is C18H20N2O2. The molecule has 1 unspecified atom stereocenters. The Morgan fingerprint density at radius 2 is 2.09 bits per heavy atom. The Morgan fingerprint density at radius 1 is 1.27 bits per heavy atom. The van der Waals surface area contributed by atoms with Gasteiger partial charge in [-0.05, 0) is 48.6 Å². The third-order valence-corrected chi connectivity index (χ3v) is 4.18. The van der Waals surface area contributed by atoms with Crippen molar-refractivity contribution in [2.75, 3.05) is 18.2 Å². The van der Waals surface area contributed by atoms with Gasteiger partial charge in [0, 0.05) is 5.69 Å². The van der Waals surface area contributed by atoms with Crippen molar-refractivity contribution in [3.8, 4) is 5.75 Å². The van der Waals surface area contributed by atoms with Gasteiger partial charge in [-0.15, -0.1) is 0 Å². The molecule has 0 spiro atoms. The molecule has 1 amide bonds. The van der Waals surface area contributed by atoms with Gasteiger partial charge >= 0.3 is 0 Å². The maximum Gasteiger partial charge on any atom is 0.231 e. The number of anilines is 2. The van der Waals surface area contributed by atoms with Crippen LogP contribution in [0, 0.1) is 0 Å². The normalized spacial score (nSPS) is 16.7. The van der Waals surface area contributed by atoms with Crippen LogP contribution in [0.25, 0.3) is 0 Å². The molecule has 22 heavy (non-hydrogen) atoms. The highest BCUT2D eigenvalue weighted by Crippen LogP contribution is 2.33. The molecule has 0 saturated carbocycles. The van der Waals surface area contributed by atoms with Crippen molar-refractivity contribution in [3.63, 3.8) is 0 Å². The largest absolute Gasteiger partial charge is 0.495 e. The van der Waals surface area contributed by atoms with E-state index in [1.807, 2.05) is 18.2 Å². The number of ether oxygens (including phenoxy) is 1. The number of rotatable bonds is 3. The van der Waals surface area contributed by atoms with E-state index in [0.29, 0.717) is 17.1 Å². The van der Waals surface area contributed by atoms with Crippen LogP contribution < -0.4 is 15.8 Å². The number of hydrogen-bond donors (Lipinski definition) is 2. The minimum absolute atomic E-state index is 0.0247. The lowest BCUT2D eigenvalue weighted by Gasteiger charge is -2.24. The van der Waals surface area contributed by atoms with E-state index in [1.54, 1.807) is 19.2 Å². The molecule has 3 rings (SSSR count). The Bertz CT molecular complexity index is 697. The molecule has 0 fully saturated rings. The molecule has 2 aromatic carbocycles. The van der Waals surface area contributed by atoms with E-state index in [4.69, 9.17) is 10.5 Å². The van der Waals surface area contributed by atoms with E-state index in [0.717, 1.165) is 24.8 Å². The van der Waals surface area contributed by atoms with E-state index >= 15 is 0 Å². The standard InChI is InChI=1S/C18H20N2O2/c1-22-17-10-9-13(11-16(17)19)20-18(21)15-8-4-6-12-5-2-3-7-14(12)15/h2-3,5,7,9-11,15H,4,6,8,19H2,1H3,(H,20,21). The number of carbonyl (C=O) groups excluding carboxylic acids is 1. The van der Waals surface area contributed by atoms with Gasteiger partial charge in [-0.3, -0.25) is 4.79 Å². The number of nitrogen functional groups attached to an aromatic ring is 1. The Balaban J connectivity index is 1.79. The van der Waals surface area contributed by atoms with Crippen LogP contribution >= 0.6 is 0 Å². The minimum atomic E-state index is -0.0896. The second kappa shape index (κ2) is 6.10. The van der Waals surface area contributed by atoms with Gasteiger partial charge in [0.1, 0.15) is 5.75 Å². The van der Waals surface area contributed by atoms with Crippen LogP contribution in [0.1, 0.15) is 29.9 Å². The van der Waals surface area contributed by atoms with Crippen molar-refractivity contribution < 1.29 is 9.53 Å². The fourth-order valence-electron chi connectivity index (χ4n) is 3.07. The second-order valence-corrected chi connectivity index (χ2v) is 5.59. The number of carbonyl (C=O) groups is 1. The van der Waals surface area contributed by atoms with Crippen LogP contribution in [0.4, 0.5) is 11.4 Å². The second-order valence-electron chi connectivity index (χ2n) is 5.59. The number of fused-ring (bicyclic) bond motifs is 1. The number of methoxy groups -OCH3 is 1. The highest BCUT2D eigenvalue weighted by atomic mass is 16.5. The zero-order valence-electron chi connectivity index (χ0n) is 12.6. The third kappa shape index (κ3) is 2.77. The SMILES string of the molecule is COc1ccc(NC(=O)C2CCCc3ccccc32)cc1N. The first kappa shape index (κ1) is 14.4. The van der Waals surface area contributed by atoms with Gasteiger partial charge in [-0.25, -0.2) is 0 Å². The topological polar surface area (TPSA) is 64.3 Å². The van der Waals surface area contributed by atoms with E-state index in [-0.39, 0.29) is 11.8 Å². The average Bonchev–Trinajstić information content (AvgIpc) is 2.54. The summed E-state index contributed by atoms with van der Waals surface area (Å²) in [6, 6.07) is 13.5. The molecule has 1 aliphatic rings. The van der Waals surface area contributed by atoms with Gasteiger partial charge in [0.15, 0.2) is 0 Å². The average molecular weight is 296 g/mol. The molecule has 0 aliphatic heterocycles. The molecule has 0 bridgehead atoms. The summed E-state index contributed by atoms with van der Waals surface area (Å²) in [6.07, 6.45) is 2.98. The van der Waals surface area contributed by atoms with Crippen molar-refractivity contribution in [1.82, 2.24) is 0 Å². The molecule has 0 saturated heterocycles. The first-order valence-electron chi connectivity index (χ1n) is 7.51. The van der Waals surface area contributed by atoms with Crippen LogP contribution in [-0.4, -0.2) is 13.0 Å². The predicted molar refractivity (Wildman–Crippen MR) is 88.2 cm³/mol. The highest BCUT2D eigenvalue weighted by Gasteiger charge is 2.26. The van der Waals surface area contributed by atoms with E-state index < -0.39 is 0 Å². The fourth-order valence-corrected chi connectivity index (χ4v) is 3.07. The van der Waals surface area contributed by atoms with E-state index in [2.05, 4.69) is 17.4 Å². The van der Waals surface area contributed by atoms with Crippen molar-refractivity contribution >= 4 is 17.3 Å². The molecule has 114 valence electrons. The number of nitrogens with two attached hydrogens (primary N) is 1. The lowest BCUT2D eigenvalue weighted by Crippen LogP contribution is -2.24. The summed E-state index contributed by atoms with van der Waals surface area (Å²) in [5.41, 5.74) is 9.53. The monoisotopic (exact) mass is 296 g/mol. The van der Waals surface area contributed by atoms with E-state index in [1.165, 1.54) is 5.56 Å². The summed E-state index contributed by atoms with van der Waals surface area (Å²) in [5.74, 6) is 0.547. The van der Waals surface area contributed by atoms with E-state index in [9.17, 15) is 4.79 Å². The van der Waals surface area contributed by atoms with Gasteiger partial charge in [-0.2, -0.15) is 0 Å². The lowest BCUT2D eigenvalue weighted by atomic mass is 9.82. The lowest BCUT2D eigenvalue weighted by molar-refractivity contribution is -0.117. The Hall–Kier alpha value is -2.49. The first-order valence-corrected chi connectivity index (χ1v) is 7.51. The number of benzene rings is 2. The Kier molecular flexibility index (Phi) is 4.00. The summed E-state index contributed by atoms with van der Waals surface area (Å²) < 4.78 is 5.13. The minimum Gasteiger partial charge on any atom is -0.495 e. The summed E-state index contributed by atoms with van der Waals surface area (Å²) in [4.78, 5) is 12.6. The molecule has 1 atom stereocenters. The molecule has 0 heterocycles. The van der Waals surface area contributed by atoms with Crippen LogP contribution in [0.2, 0.25) is 0 Å². The maximum atomic E-state index is 12.6. The van der Waals surface area contributed by atoms with Crippen LogP contribution in [-0.2, 0) is 11.2 Å². The zero-order chi connectivity index (χ0) is 15.5. The Labute approximate surface area is 130 Å². The van der Waals surface area contributed by atoms with Crippen molar-refractivity contribution in [1.29, 1.82) is 0 Å². The van der Waals surface area contributed by atoms with Gasteiger partial charge in [0.05, 0.1) is 18.7 Å². The molecular weight excluding hydrogens is 276 g/mol. The molecule has 3 N–H and O–H groups in total. The smallest absolute Gasteiger partial charge is 0.231 e. The maximum absolute atomic E-state index is 12.6. The molecule has 2 aromatic rings. The number of hydrogen-bond acceptors (Lipinski definition) is 3. The summed E-state index contributed by atoms with van der Waals surface area (Å²) in [6.45, 7) is 0. The molecule has 0 aromatic heterocycles. The number of nitrogens with one attached hydrogen (secondary N) is 1. The fraction of sp³-hybridized carbons (Fsp3) is 0.278. The molecule has 4 heteroatoms. The quantitative estimate of drug-likeness (QED) is 0.854. The van der Waals surface area contributed by atoms with Crippen molar-refractivity contribution in [3.05, 3.63) is 53.6 Å². The molecule has 4 nitrogen and oxygen atoms in total. The van der Waals surface area contributed by atoms with Gasteiger partial charge in [-0.1, -0.05) is 24.3 Å². The Morgan fingerprint density at radius 3 is 2.86 bits per heavy atom. The zero-order valence-corrected chi connectivity index (χ0v) is 12.6. The molecule has 1 aliphatic carbocycles. The van der Waals surface area contributed by atoms with Crippen LogP contribution in [0.15, 0.2) is 42.5 Å². The van der Waals surface area contributed by atoms with Crippen molar-refractivity contribution in [2.45, 2.75) is 25.2 Å². The number of aryl methyl sites for hydroxylation is 1. The summed E-state index contributed by atoms with van der Waals surface area (Å²) in [5, 5.41) is 2.97. The van der Waals surface area contributed by atoms with Crippen LogP contribution in [0.3, 0.4) is 0 Å². The summed E-state index contributed by atoms with van der Waals surface area (Å²) in [7, 11) is 1.57. The summed E-state index contributed by atoms with van der Waals surface area (Å²) >= 11 is 0. The third-order valence-electron chi connectivity index (χ3n) is 4.18. The molecule has 0 radical (unpaired) electrons. The highest BCUT2D eigenvalue weighted by molar-refractivity contribution is 5.96. The number of amides is 1.